The first-order chi connectivity index (χ1) is 18.5. The summed E-state index contributed by atoms with van der Waals surface area (Å²) in [5.41, 5.74) is 7.68. The van der Waals surface area contributed by atoms with Crippen LogP contribution >= 0.6 is 0 Å². The molecule has 0 bridgehead atoms. The number of nitrogens with two attached hydrogens (primary N) is 1. The Morgan fingerprint density at radius 3 is 1.77 bits per heavy atom. The molecule has 39 heavy (non-hydrogen) atoms. The molecule has 5 aromatic carbocycles. The third-order valence-corrected chi connectivity index (χ3v) is 7.57. The van der Waals surface area contributed by atoms with E-state index >= 15 is 0 Å². The Morgan fingerprint density at radius 2 is 1.13 bits per heavy atom. The second kappa shape index (κ2) is 9.96. The first-order valence-electron chi connectivity index (χ1n) is 11.2. The summed E-state index contributed by atoms with van der Waals surface area (Å²) >= 11 is 0. The lowest BCUT2D eigenvalue weighted by Gasteiger charge is -2.09. The van der Waals surface area contributed by atoms with Gasteiger partial charge in [0, 0.05) is 27.2 Å². The fraction of sp³-hybridized carbons (Fsp3) is 0. The van der Waals surface area contributed by atoms with Crippen LogP contribution in [0.3, 0.4) is 0 Å². The molecule has 5 aromatic rings. The number of nitrogen functional groups attached to an aromatic ring is 1. The number of rotatable bonds is 6. The quantitative estimate of drug-likeness (QED) is 0.114. The molecule has 0 spiro atoms. The number of nitrogens with zero attached hydrogens (tertiary/aromatic N) is 4. The Kier molecular flexibility index (Phi) is 6.66. The molecule has 5 rings (SSSR count). The van der Waals surface area contributed by atoms with Crippen molar-refractivity contribution in [2.45, 2.75) is 9.79 Å². The molecule has 0 radical (unpaired) electrons. The van der Waals surface area contributed by atoms with Gasteiger partial charge in [-0.3, -0.25) is 9.11 Å². The second-order valence-corrected chi connectivity index (χ2v) is 11.2. The summed E-state index contributed by atoms with van der Waals surface area (Å²) in [5, 5.41) is 18.9. The van der Waals surface area contributed by atoms with Crippen LogP contribution in [0.5, 0.6) is 0 Å². The zero-order valence-corrected chi connectivity index (χ0v) is 21.5. The minimum absolute atomic E-state index is 0.144. The van der Waals surface area contributed by atoms with E-state index in [1.807, 2.05) is 0 Å². The van der Waals surface area contributed by atoms with E-state index in [0.29, 0.717) is 33.2 Å². The first-order valence-corrected chi connectivity index (χ1v) is 14.1. The molecule has 0 aliphatic rings. The molecule has 0 saturated carbocycles. The fourth-order valence-electron chi connectivity index (χ4n) is 4.04. The van der Waals surface area contributed by atoms with Crippen LogP contribution in [0.2, 0.25) is 0 Å². The van der Waals surface area contributed by atoms with Gasteiger partial charge >= 0.3 is 0 Å². The molecule has 0 saturated heterocycles. The van der Waals surface area contributed by atoms with E-state index < -0.39 is 20.2 Å². The molecule has 0 fully saturated rings. The van der Waals surface area contributed by atoms with Crippen molar-refractivity contribution in [1.82, 2.24) is 0 Å². The summed E-state index contributed by atoms with van der Waals surface area (Å²) < 4.78 is 65.8. The van der Waals surface area contributed by atoms with E-state index in [4.69, 9.17) is 5.73 Å². The molecule has 0 aromatic heterocycles. The Balaban J connectivity index is 1.57. The highest BCUT2D eigenvalue weighted by Gasteiger charge is 2.18. The minimum atomic E-state index is -4.56. The number of anilines is 1. The normalized spacial score (nSPS) is 12.7. The lowest BCUT2D eigenvalue weighted by molar-refractivity contribution is 0.481. The van der Waals surface area contributed by atoms with E-state index in [2.05, 4.69) is 20.5 Å². The summed E-state index contributed by atoms with van der Waals surface area (Å²) in [6, 6.07) is 23.4. The fourth-order valence-corrected chi connectivity index (χ4v) is 5.29. The zero-order chi connectivity index (χ0) is 27.8. The Morgan fingerprint density at radius 1 is 0.564 bits per heavy atom. The summed E-state index contributed by atoms with van der Waals surface area (Å²) in [4.78, 5) is -0.633. The summed E-state index contributed by atoms with van der Waals surface area (Å²) in [7, 11) is -8.94. The maximum absolute atomic E-state index is 12.0. The maximum Gasteiger partial charge on any atom is 0.295 e. The molecule has 4 N–H and O–H groups in total. The van der Waals surface area contributed by atoms with Gasteiger partial charge in [-0.15, -0.1) is 15.3 Å². The molecule has 13 heteroatoms. The van der Waals surface area contributed by atoms with Crippen molar-refractivity contribution < 1.29 is 25.9 Å². The smallest absolute Gasteiger partial charge is 0.295 e. The minimum Gasteiger partial charge on any atom is -0.398 e. The van der Waals surface area contributed by atoms with E-state index in [9.17, 15) is 25.9 Å². The molecule has 0 amide bonds. The number of fused-ring (bicyclic) bond motifs is 2. The van der Waals surface area contributed by atoms with Gasteiger partial charge in [0.1, 0.15) is 4.90 Å². The average molecular weight is 562 g/mol. The van der Waals surface area contributed by atoms with Gasteiger partial charge in [-0.2, -0.15) is 21.9 Å². The highest BCUT2D eigenvalue weighted by molar-refractivity contribution is 7.86. The van der Waals surface area contributed by atoms with Gasteiger partial charge < -0.3 is 5.73 Å². The molecule has 0 aliphatic heterocycles. The third kappa shape index (κ3) is 5.37. The van der Waals surface area contributed by atoms with Crippen molar-refractivity contribution in [2.75, 3.05) is 5.73 Å². The molecular formula is C26H19N5O6S2. The largest absolute Gasteiger partial charge is 0.398 e. The molecule has 196 valence electrons. The molecule has 0 heterocycles. The standard InChI is InChI=1S/C26H19N5O6S2/c27-21-11-12-24(26-20(21)9-4-10-25(26)39(35,36)37)31-30-23-14-13-22(18-7-1-2-8-19(18)23)29-28-16-5-3-6-17(15-16)38(32,33)34/h1-15H,27H2,(H,32,33,34)(H,35,36,37)/b29-28+,31-30+. The molecular weight excluding hydrogens is 542 g/mol. The highest BCUT2D eigenvalue weighted by atomic mass is 32.2. The Labute approximate surface area is 222 Å². The Hall–Kier alpha value is -4.56. The van der Waals surface area contributed by atoms with Gasteiger partial charge in [0.25, 0.3) is 20.2 Å². The summed E-state index contributed by atoms with van der Waals surface area (Å²) in [6.45, 7) is 0. The zero-order valence-electron chi connectivity index (χ0n) is 19.9. The van der Waals surface area contributed by atoms with Crippen LogP contribution in [0.25, 0.3) is 21.5 Å². The predicted octanol–water partition coefficient (Wildman–Crippen LogP) is 6.90. The monoisotopic (exact) mass is 561 g/mol. The second-order valence-electron chi connectivity index (χ2n) is 8.35. The number of hydrogen-bond acceptors (Lipinski definition) is 9. The third-order valence-electron chi connectivity index (χ3n) is 5.82. The van der Waals surface area contributed by atoms with E-state index in [-0.39, 0.29) is 26.6 Å². The van der Waals surface area contributed by atoms with Gasteiger partial charge in [-0.05, 0) is 48.5 Å². The van der Waals surface area contributed by atoms with E-state index in [1.54, 1.807) is 54.6 Å². The van der Waals surface area contributed by atoms with Crippen molar-refractivity contribution in [3.05, 3.63) is 91.0 Å². The van der Waals surface area contributed by atoms with Gasteiger partial charge in [0.15, 0.2) is 0 Å². The summed E-state index contributed by atoms with van der Waals surface area (Å²) in [5.74, 6) is 0. The predicted molar refractivity (Wildman–Crippen MR) is 147 cm³/mol. The molecule has 0 aliphatic carbocycles. The Bertz CT molecular complexity index is 2040. The lowest BCUT2D eigenvalue weighted by atomic mass is 10.1. The lowest BCUT2D eigenvalue weighted by Crippen LogP contribution is -2.00. The van der Waals surface area contributed by atoms with Crippen LogP contribution in [0.1, 0.15) is 0 Å². The van der Waals surface area contributed by atoms with Crippen LogP contribution in [0, 0.1) is 0 Å². The molecule has 0 unspecified atom stereocenters. The van der Waals surface area contributed by atoms with E-state index in [1.165, 1.54) is 36.4 Å². The molecule has 11 nitrogen and oxygen atoms in total. The highest BCUT2D eigenvalue weighted by Crippen LogP contribution is 2.38. The number of benzene rings is 5. The molecule has 0 atom stereocenters. The van der Waals surface area contributed by atoms with Crippen molar-refractivity contribution in [2.24, 2.45) is 20.5 Å². The van der Waals surface area contributed by atoms with Gasteiger partial charge in [-0.25, -0.2) is 0 Å². The van der Waals surface area contributed by atoms with Crippen LogP contribution < -0.4 is 5.73 Å². The number of hydrogen-bond donors (Lipinski definition) is 3. The number of azo groups is 2. The van der Waals surface area contributed by atoms with Crippen molar-refractivity contribution in [1.29, 1.82) is 0 Å². The van der Waals surface area contributed by atoms with Gasteiger partial charge in [0.2, 0.25) is 0 Å². The summed E-state index contributed by atoms with van der Waals surface area (Å²) in [6.07, 6.45) is 0. The first kappa shape index (κ1) is 26.1. The maximum atomic E-state index is 12.0. The van der Waals surface area contributed by atoms with Crippen LogP contribution in [-0.2, 0) is 20.2 Å². The van der Waals surface area contributed by atoms with E-state index in [0.717, 1.165) is 0 Å². The van der Waals surface area contributed by atoms with Crippen molar-refractivity contribution in [3.8, 4) is 0 Å². The topological polar surface area (TPSA) is 184 Å². The van der Waals surface area contributed by atoms with Crippen LogP contribution in [-0.4, -0.2) is 25.9 Å². The van der Waals surface area contributed by atoms with Crippen LogP contribution in [0.15, 0.2) is 121 Å². The SMILES string of the molecule is Nc1ccc(/N=N/c2ccc(/N=N/c3cccc(S(=O)(=O)O)c3)c3ccccc23)c2c(S(=O)(=O)O)cccc12. The average Bonchev–Trinajstić information content (AvgIpc) is 2.91. The van der Waals surface area contributed by atoms with Crippen molar-refractivity contribution >= 4 is 70.2 Å². The van der Waals surface area contributed by atoms with Crippen LogP contribution in [0.4, 0.5) is 28.4 Å². The van der Waals surface area contributed by atoms with Crippen molar-refractivity contribution in [3.63, 3.8) is 0 Å². The van der Waals surface area contributed by atoms with Gasteiger partial charge in [-0.1, -0.05) is 42.5 Å². The van der Waals surface area contributed by atoms with Gasteiger partial charge in [0.05, 0.1) is 27.6 Å².